The van der Waals surface area contributed by atoms with Gasteiger partial charge in [-0.15, -0.1) is 11.3 Å². The Bertz CT molecular complexity index is 812. The Morgan fingerprint density at radius 1 is 1.42 bits per heavy atom. The Labute approximate surface area is 161 Å². The number of sulfonamides is 1. The van der Waals surface area contributed by atoms with E-state index in [1.165, 1.54) is 21.8 Å². The molecule has 0 radical (unpaired) electrons. The molecule has 3 rings (SSSR count). The zero-order valence-electron chi connectivity index (χ0n) is 14.2. The van der Waals surface area contributed by atoms with Gasteiger partial charge in [0.25, 0.3) is 0 Å². The molecule has 142 valence electrons. The summed E-state index contributed by atoms with van der Waals surface area (Å²) in [6, 6.07) is 2.71. The molecule has 0 amide bonds. The maximum absolute atomic E-state index is 12.5. The average molecular weight is 416 g/mol. The second kappa shape index (κ2) is 8.22. The van der Waals surface area contributed by atoms with E-state index in [1.54, 1.807) is 30.1 Å². The Hall–Kier alpha value is -1.20. The molecule has 3 atom stereocenters. The molecule has 0 bridgehead atoms. The van der Waals surface area contributed by atoms with Crippen LogP contribution < -0.4 is 4.31 Å². The van der Waals surface area contributed by atoms with Crippen molar-refractivity contribution in [2.75, 3.05) is 15.8 Å². The number of thioether (sulfide) groups is 1. The van der Waals surface area contributed by atoms with Crippen molar-refractivity contribution in [2.24, 2.45) is 0 Å². The van der Waals surface area contributed by atoms with Gasteiger partial charge in [-0.1, -0.05) is 24.8 Å². The highest BCUT2D eigenvalue weighted by atomic mass is 32.2. The number of rotatable bonds is 7. The van der Waals surface area contributed by atoms with Crippen LogP contribution in [0.15, 0.2) is 34.2 Å². The molecule has 10 heteroatoms. The van der Waals surface area contributed by atoms with Gasteiger partial charge in [0.1, 0.15) is 10.2 Å². The molecule has 0 spiro atoms. The second-order valence-corrected chi connectivity index (χ2v) is 10.1. The van der Waals surface area contributed by atoms with Gasteiger partial charge in [-0.05, 0) is 24.5 Å². The summed E-state index contributed by atoms with van der Waals surface area (Å²) in [5.41, 5.74) is 0.643. The molecule has 1 fully saturated rings. The predicted octanol–water partition coefficient (Wildman–Crippen LogP) is 2.04. The van der Waals surface area contributed by atoms with E-state index in [0.29, 0.717) is 24.2 Å². The van der Waals surface area contributed by atoms with E-state index < -0.39 is 28.3 Å². The van der Waals surface area contributed by atoms with Crippen molar-refractivity contribution in [3.05, 3.63) is 35.5 Å². The standard InChI is InChI=1S/C16H21N3O4S3/c1-2-13(20)11-3-4-15(18-9-11)19-12(14(21)10-26(19,22)23)5-7-24-16-17-6-8-25-16/h3-4,6,8-9,12-14,20-21H,2,5,7,10H2,1H3. The predicted molar refractivity (Wildman–Crippen MR) is 103 cm³/mol. The monoisotopic (exact) mass is 415 g/mol. The van der Waals surface area contributed by atoms with Crippen LogP contribution in [0.25, 0.3) is 0 Å². The number of thiazole rings is 1. The Morgan fingerprint density at radius 2 is 2.23 bits per heavy atom. The van der Waals surface area contributed by atoms with Crippen molar-refractivity contribution in [3.8, 4) is 0 Å². The normalized spacial score (nSPS) is 23.3. The smallest absolute Gasteiger partial charge is 0.239 e. The Balaban J connectivity index is 1.76. The van der Waals surface area contributed by atoms with Crippen molar-refractivity contribution in [1.82, 2.24) is 9.97 Å². The molecule has 1 aliphatic rings. The first kappa shape index (κ1) is 19.6. The quantitative estimate of drug-likeness (QED) is 0.667. The minimum absolute atomic E-state index is 0.276. The number of hydrogen-bond acceptors (Lipinski definition) is 8. The van der Waals surface area contributed by atoms with Crippen LogP contribution in [0.3, 0.4) is 0 Å². The lowest BCUT2D eigenvalue weighted by atomic mass is 10.1. The second-order valence-electron chi connectivity index (χ2n) is 6.02. The van der Waals surface area contributed by atoms with Gasteiger partial charge in [0.2, 0.25) is 10.0 Å². The lowest BCUT2D eigenvalue weighted by Crippen LogP contribution is -2.38. The summed E-state index contributed by atoms with van der Waals surface area (Å²) >= 11 is 3.08. The Kier molecular flexibility index (Phi) is 6.18. The summed E-state index contributed by atoms with van der Waals surface area (Å²) in [5.74, 6) is 0.618. The topological polar surface area (TPSA) is 104 Å². The van der Waals surface area contributed by atoms with Crippen molar-refractivity contribution in [2.45, 2.75) is 42.4 Å². The van der Waals surface area contributed by atoms with Crippen LogP contribution in [-0.4, -0.2) is 52.3 Å². The molecule has 2 aromatic rings. The van der Waals surface area contributed by atoms with E-state index >= 15 is 0 Å². The van der Waals surface area contributed by atoms with Crippen molar-refractivity contribution in [3.63, 3.8) is 0 Å². The van der Waals surface area contributed by atoms with Crippen molar-refractivity contribution < 1.29 is 18.6 Å². The van der Waals surface area contributed by atoms with E-state index in [2.05, 4.69) is 9.97 Å². The number of nitrogens with zero attached hydrogens (tertiary/aromatic N) is 3. The molecular weight excluding hydrogens is 394 g/mol. The lowest BCUT2D eigenvalue weighted by molar-refractivity contribution is 0.173. The highest BCUT2D eigenvalue weighted by Crippen LogP contribution is 2.32. The molecule has 2 N–H and O–H groups in total. The van der Waals surface area contributed by atoms with Gasteiger partial charge in [-0.2, -0.15) is 0 Å². The minimum Gasteiger partial charge on any atom is -0.390 e. The fraction of sp³-hybridized carbons (Fsp3) is 0.500. The van der Waals surface area contributed by atoms with Crippen molar-refractivity contribution in [1.29, 1.82) is 0 Å². The van der Waals surface area contributed by atoms with Gasteiger partial charge in [0.15, 0.2) is 0 Å². The largest absolute Gasteiger partial charge is 0.390 e. The minimum atomic E-state index is -3.63. The van der Waals surface area contributed by atoms with Crippen LogP contribution in [-0.2, 0) is 10.0 Å². The number of hydrogen-bond donors (Lipinski definition) is 2. The molecule has 7 nitrogen and oxygen atoms in total. The fourth-order valence-corrected chi connectivity index (χ4v) is 6.48. The van der Waals surface area contributed by atoms with Crippen LogP contribution >= 0.6 is 23.1 Å². The van der Waals surface area contributed by atoms with Gasteiger partial charge in [-0.25, -0.2) is 22.7 Å². The number of aliphatic hydroxyl groups is 2. The molecule has 0 aliphatic carbocycles. The van der Waals surface area contributed by atoms with Crippen LogP contribution in [0.1, 0.15) is 31.4 Å². The van der Waals surface area contributed by atoms with Crippen LogP contribution in [0.4, 0.5) is 5.82 Å². The fourth-order valence-electron chi connectivity index (χ4n) is 2.90. The Morgan fingerprint density at radius 3 is 2.85 bits per heavy atom. The maximum atomic E-state index is 12.5. The number of pyridine rings is 1. The van der Waals surface area contributed by atoms with E-state index in [1.807, 2.05) is 12.3 Å². The molecule has 3 unspecified atom stereocenters. The highest BCUT2D eigenvalue weighted by molar-refractivity contribution is 8.01. The van der Waals surface area contributed by atoms with E-state index in [4.69, 9.17) is 0 Å². The maximum Gasteiger partial charge on any atom is 0.239 e. The number of anilines is 1. The van der Waals surface area contributed by atoms with Gasteiger partial charge in [0.05, 0.1) is 24.0 Å². The van der Waals surface area contributed by atoms with Gasteiger partial charge >= 0.3 is 0 Å². The first-order chi connectivity index (χ1) is 12.4. The van der Waals surface area contributed by atoms with Gasteiger partial charge < -0.3 is 10.2 Å². The first-order valence-corrected chi connectivity index (χ1v) is 11.8. The summed E-state index contributed by atoms with van der Waals surface area (Å²) < 4.78 is 27.2. The third kappa shape index (κ3) is 4.20. The van der Waals surface area contributed by atoms with E-state index in [9.17, 15) is 18.6 Å². The number of aromatic nitrogens is 2. The third-order valence-corrected chi connectivity index (χ3v) is 8.06. The summed E-state index contributed by atoms with van der Waals surface area (Å²) in [6.45, 7) is 1.86. The summed E-state index contributed by atoms with van der Waals surface area (Å²) in [5, 5.41) is 22.0. The van der Waals surface area contributed by atoms with Crippen molar-refractivity contribution >= 4 is 38.9 Å². The van der Waals surface area contributed by atoms with Crippen LogP contribution in [0, 0.1) is 0 Å². The summed E-state index contributed by atoms with van der Waals surface area (Å²) in [7, 11) is -3.63. The average Bonchev–Trinajstić information content (AvgIpc) is 3.20. The zero-order chi connectivity index (χ0) is 18.7. The molecule has 0 saturated carbocycles. The third-order valence-electron chi connectivity index (χ3n) is 4.24. The molecule has 0 aromatic carbocycles. The number of aliphatic hydroxyl groups excluding tert-OH is 2. The molecule has 3 heterocycles. The molecule has 2 aromatic heterocycles. The van der Waals surface area contributed by atoms with Crippen LogP contribution in [0.5, 0.6) is 0 Å². The molecule has 26 heavy (non-hydrogen) atoms. The van der Waals surface area contributed by atoms with Gasteiger partial charge in [0, 0.05) is 23.5 Å². The molecule has 1 aliphatic heterocycles. The summed E-state index contributed by atoms with van der Waals surface area (Å²) in [6.07, 6.45) is 2.68. The SMILES string of the molecule is CCC(O)c1ccc(N2C(CCSc3nccs3)C(O)CS2(=O)=O)nc1. The lowest BCUT2D eigenvalue weighted by Gasteiger charge is -2.25. The molecule has 1 saturated heterocycles. The van der Waals surface area contributed by atoms with E-state index in [0.717, 1.165) is 4.34 Å². The summed E-state index contributed by atoms with van der Waals surface area (Å²) in [4.78, 5) is 8.42. The van der Waals surface area contributed by atoms with Crippen LogP contribution in [0.2, 0.25) is 0 Å². The highest BCUT2D eigenvalue weighted by Gasteiger charge is 2.44. The van der Waals surface area contributed by atoms with Gasteiger partial charge in [-0.3, -0.25) is 0 Å². The first-order valence-electron chi connectivity index (χ1n) is 8.29. The van der Waals surface area contributed by atoms with E-state index in [-0.39, 0.29) is 11.6 Å². The molecular formula is C16H21N3O4S3. The zero-order valence-corrected chi connectivity index (χ0v) is 16.7.